The number of rotatable bonds is 6. The van der Waals surface area contributed by atoms with E-state index in [1.807, 2.05) is 11.3 Å². The van der Waals surface area contributed by atoms with Crippen molar-refractivity contribution in [2.24, 2.45) is 0 Å². The minimum Gasteiger partial charge on any atom is -0.310 e. The maximum Gasteiger partial charge on any atom is 0.0540 e. The van der Waals surface area contributed by atoms with E-state index in [0.29, 0.717) is 0 Å². The Hall–Kier alpha value is -6.74. The quantitative estimate of drug-likeness (QED) is 0.164. The van der Waals surface area contributed by atoms with Crippen LogP contribution in [0.4, 0.5) is 17.1 Å². The van der Waals surface area contributed by atoms with E-state index in [4.69, 9.17) is 0 Å². The van der Waals surface area contributed by atoms with Gasteiger partial charge in [0.15, 0.2) is 0 Å². The van der Waals surface area contributed by atoms with Crippen LogP contribution < -0.4 is 4.90 Å². The third-order valence-corrected chi connectivity index (χ3v) is 13.4. The summed E-state index contributed by atoms with van der Waals surface area (Å²) in [7, 11) is 0. The largest absolute Gasteiger partial charge is 0.310 e. The average Bonchev–Trinajstić information content (AvgIpc) is 3.77. The minimum absolute atomic E-state index is 0.0388. The number of anilines is 3. The zero-order chi connectivity index (χ0) is 38.1. The van der Waals surface area contributed by atoms with Gasteiger partial charge in [-0.25, -0.2) is 0 Å². The van der Waals surface area contributed by atoms with Gasteiger partial charge in [-0.05, 0) is 91.2 Å². The van der Waals surface area contributed by atoms with E-state index in [1.165, 1.54) is 86.6 Å². The molecule has 2 heteroatoms. The van der Waals surface area contributed by atoms with Gasteiger partial charge in [0.05, 0.1) is 5.69 Å². The summed E-state index contributed by atoms with van der Waals surface area (Å²) in [6, 6.07) is 73.6. The molecule has 10 aromatic rings. The predicted octanol–water partition coefficient (Wildman–Crippen LogP) is 16.0. The molecule has 0 radical (unpaired) electrons. The van der Waals surface area contributed by atoms with Crippen molar-refractivity contribution in [3.63, 3.8) is 0 Å². The van der Waals surface area contributed by atoms with E-state index in [-0.39, 0.29) is 5.41 Å². The summed E-state index contributed by atoms with van der Waals surface area (Å²) >= 11 is 1.91. The molecule has 0 N–H and O–H groups in total. The molecule has 0 spiro atoms. The first kappa shape index (κ1) is 33.6. The smallest absolute Gasteiger partial charge is 0.0540 e. The van der Waals surface area contributed by atoms with Crippen molar-refractivity contribution in [3.8, 4) is 44.5 Å². The lowest BCUT2D eigenvalue weighted by Gasteiger charge is -2.28. The monoisotopic (exact) mass is 745 g/mol. The highest BCUT2D eigenvalue weighted by molar-refractivity contribution is 7.27. The molecule has 0 saturated heterocycles. The molecule has 1 heterocycles. The normalized spacial score (nSPS) is 12.9. The maximum absolute atomic E-state index is 2.41. The Kier molecular flexibility index (Phi) is 7.77. The van der Waals surface area contributed by atoms with E-state index in [9.17, 15) is 0 Å². The van der Waals surface area contributed by atoms with Crippen LogP contribution in [-0.2, 0) is 5.41 Å². The molecular weight excluding hydrogens is 707 g/mol. The molecule has 0 atom stereocenters. The van der Waals surface area contributed by atoms with Crippen LogP contribution in [0.1, 0.15) is 25.0 Å². The van der Waals surface area contributed by atoms with Crippen molar-refractivity contribution in [2.45, 2.75) is 19.3 Å². The van der Waals surface area contributed by atoms with Gasteiger partial charge in [-0.2, -0.15) is 0 Å². The van der Waals surface area contributed by atoms with Gasteiger partial charge in [-0.3, -0.25) is 0 Å². The molecule has 0 fully saturated rings. The van der Waals surface area contributed by atoms with Crippen LogP contribution in [0, 0.1) is 0 Å². The Morgan fingerprint density at radius 2 is 0.912 bits per heavy atom. The van der Waals surface area contributed by atoms with Gasteiger partial charge in [-0.1, -0.05) is 184 Å². The highest BCUT2D eigenvalue weighted by atomic mass is 32.1. The van der Waals surface area contributed by atoms with E-state index < -0.39 is 0 Å². The Balaban J connectivity index is 1.03. The fraction of sp³-hybridized carbons (Fsp3) is 0.0545. The lowest BCUT2D eigenvalue weighted by atomic mass is 9.82. The number of para-hydroxylation sites is 1. The van der Waals surface area contributed by atoms with Crippen LogP contribution in [0.3, 0.4) is 0 Å². The van der Waals surface area contributed by atoms with Gasteiger partial charge in [0.2, 0.25) is 0 Å². The molecule has 1 aliphatic carbocycles. The summed E-state index contributed by atoms with van der Waals surface area (Å²) in [5, 5.41) is 5.25. The fourth-order valence-electron chi connectivity index (χ4n) is 9.29. The third kappa shape index (κ3) is 5.36. The lowest BCUT2D eigenvalue weighted by molar-refractivity contribution is 0.660. The van der Waals surface area contributed by atoms with E-state index in [2.05, 4.69) is 219 Å². The fourth-order valence-corrected chi connectivity index (χ4v) is 10.7. The van der Waals surface area contributed by atoms with Crippen molar-refractivity contribution in [1.29, 1.82) is 0 Å². The number of nitrogens with zero attached hydrogens (tertiary/aromatic N) is 1. The number of benzene rings is 9. The summed E-state index contributed by atoms with van der Waals surface area (Å²) < 4.78 is 2.68. The van der Waals surface area contributed by atoms with Crippen molar-refractivity contribution >= 4 is 59.3 Å². The van der Waals surface area contributed by atoms with Crippen LogP contribution in [-0.4, -0.2) is 0 Å². The average molecular weight is 746 g/mol. The van der Waals surface area contributed by atoms with Gasteiger partial charge in [0.1, 0.15) is 0 Å². The molecule has 1 nitrogen and oxygen atoms in total. The Morgan fingerprint density at radius 1 is 0.368 bits per heavy atom. The Bertz CT molecular complexity index is 3130. The summed E-state index contributed by atoms with van der Waals surface area (Å²) in [4.78, 5) is 2.41. The number of hydrogen-bond donors (Lipinski definition) is 0. The summed E-state index contributed by atoms with van der Waals surface area (Å²) in [5.74, 6) is 0. The number of fused-ring (bicyclic) bond motifs is 8. The van der Waals surface area contributed by atoms with Crippen molar-refractivity contribution < 1.29 is 0 Å². The molecule has 57 heavy (non-hydrogen) atoms. The molecule has 1 aliphatic rings. The van der Waals surface area contributed by atoms with Crippen molar-refractivity contribution in [3.05, 3.63) is 211 Å². The molecule has 0 amide bonds. The molecule has 0 saturated carbocycles. The van der Waals surface area contributed by atoms with Crippen LogP contribution in [0.15, 0.2) is 200 Å². The molecule has 9 aromatic carbocycles. The van der Waals surface area contributed by atoms with E-state index >= 15 is 0 Å². The van der Waals surface area contributed by atoms with Gasteiger partial charge >= 0.3 is 0 Å². The maximum atomic E-state index is 2.41. The molecule has 0 aliphatic heterocycles. The second-order valence-electron chi connectivity index (χ2n) is 15.7. The summed E-state index contributed by atoms with van der Waals surface area (Å²) in [6.07, 6.45) is 0. The standard InChI is InChI=1S/C55H39NS/c1-55(2)49-23-10-8-19-48(49)52-43(20-13-24-50(52)55)38-26-31-40(32-27-38)56(51-25-11-9-17-42(51)36-14-4-3-5-15-36)41-33-28-39(29-34-41)45-21-12-22-46-47-35-30-37-16-6-7-18-44(37)54(47)57-53(45)46/h3-35H,1-2H3. The number of thiophene rings is 1. The molecule has 1 aromatic heterocycles. The topological polar surface area (TPSA) is 3.24 Å². The molecule has 0 unspecified atom stereocenters. The van der Waals surface area contributed by atoms with E-state index in [1.54, 1.807) is 0 Å². The van der Waals surface area contributed by atoms with Gasteiger partial charge in [0, 0.05) is 42.5 Å². The van der Waals surface area contributed by atoms with Crippen molar-refractivity contribution in [2.75, 3.05) is 4.90 Å². The van der Waals surface area contributed by atoms with Crippen LogP contribution in [0.5, 0.6) is 0 Å². The third-order valence-electron chi connectivity index (χ3n) is 12.1. The van der Waals surface area contributed by atoms with Crippen LogP contribution >= 0.6 is 11.3 Å². The summed E-state index contributed by atoms with van der Waals surface area (Å²) in [6.45, 7) is 4.70. The Labute approximate surface area is 337 Å². The van der Waals surface area contributed by atoms with Crippen LogP contribution in [0.25, 0.3) is 75.5 Å². The zero-order valence-electron chi connectivity index (χ0n) is 31.9. The zero-order valence-corrected chi connectivity index (χ0v) is 32.7. The molecule has 0 bridgehead atoms. The van der Waals surface area contributed by atoms with E-state index in [0.717, 1.165) is 17.1 Å². The first-order chi connectivity index (χ1) is 28.0. The first-order valence-corrected chi connectivity index (χ1v) is 20.6. The predicted molar refractivity (Wildman–Crippen MR) is 245 cm³/mol. The van der Waals surface area contributed by atoms with Crippen LogP contribution in [0.2, 0.25) is 0 Å². The highest BCUT2D eigenvalue weighted by Crippen LogP contribution is 2.52. The highest BCUT2D eigenvalue weighted by Gasteiger charge is 2.36. The molecule has 270 valence electrons. The Morgan fingerprint density at radius 3 is 1.70 bits per heavy atom. The second-order valence-corrected chi connectivity index (χ2v) is 16.7. The first-order valence-electron chi connectivity index (χ1n) is 19.8. The van der Waals surface area contributed by atoms with Gasteiger partial charge in [0.25, 0.3) is 0 Å². The summed E-state index contributed by atoms with van der Waals surface area (Å²) in [5.41, 5.74) is 16.2. The van der Waals surface area contributed by atoms with Crippen molar-refractivity contribution in [1.82, 2.24) is 0 Å². The lowest BCUT2D eigenvalue weighted by Crippen LogP contribution is -2.14. The minimum atomic E-state index is -0.0388. The number of hydrogen-bond acceptors (Lipinski definition) is 2. The van der Waals surface area contributed by atoms with Gasteiger partial charge < -0.3 is 4.90 Å². The molecular formula is C55H39NS. The molecule has 11 rings (SSSR count). The second kappa shape index (κ2) is 13.2. The SMILES string of the molecule is CC1(C)c2ccccc2-c2c(-c3ccc(N(c4ccc(-c5cccc6c5sc5c7ccccc7ccc65)cc4)c4ccccc4-c4ccccc4)cc3)cccc21. The van der Waals surface area contributed by atoms with Gasteiger partial charge in [-0.15, -0.1) is 11.3 Å².